The Morgan fingerprint density at radius 2 is 2.32 bits per heavy atom. The fourth-order valence-electron chi connectivity index (χ4n) is 2.62. The molecule has 0 unspecified atom stereocenters. The van der Waals surface area contributed by atoms with Gasteiger partial charge in [0, 0.05) is 24.5 Å². The van der Waals surface area contributed by atoms with Crippen LogP contribution in [0.15, 0.2) is 17.4 Å². The lowest BCUT2D eigenvalue weighted by molar-refractivity contribution is 0.0371. The Morgan fingerprint density at radius 1 is 1.47 bits per heavy atom. The van der Waals surface area contributed by atoms with Gasteiger partial charge in [0.2, 0.25) is 0 Å². The molecular weight excluding hydrogens is 258 g/mol. The first kappa shape index (κ1) is 12.9. The number of rotatable bonds is 5. The van der Waals surface area contributed by atoms with Gasteiger partial charge in [0.1, 0.15) is 0 Å². The molecule has 19 heavy (non-hydrogen) atoms. The monoisotopic (exact) mass is 277 g/mol. The fourth-order valence-corrected chi connectivity index (χ4v) is 3.76. The molecule has 2 aromatic rings. The number of fused-ring (bicyclic) bond motifs is 1. The van der Waals surface area contributed by atoms with Crippen LogP contribution in [0.2, 0.25) is 0 Å². The second-order valence-corrected chi connectivity index (χ2v) is 6.41. The Hall–Kier alpha value is -1.07. The largest absolute Gasteiger partial charge is 0.384 e. The van der Waals surface area contributed by atoms with E-state index in [1.165, 1.54) is 24.8 Å². The van der Waals surface area contributed by atoms with Gasteiger partial charge in [0.05, 0.1) is 12.1 Å². The van der Waals surface area contributed by atoms with Gasteiger partial charge in [-0.05, 0) is 31.4 Å². The van der Waals surface area contributed by atoms with Gasteiger partial charge in [-0.2, -0.15) is 0 Å². The standard InChI is InChI=1S/C14H19N3OS/c1-10-4-7-15-12-11(10)16-13(17-12)19-9-14(8-18-2)5-3-6-14/h4,7H,3,5-6,8-9H2,1-2H3,(H,15,16,17). The normalized spacial score (nSPS) is 17.6. The highest BCUT2D eigenvalue weighted by Crippen LogP contribution is 2.44. The predicted octanol–water partition coefficient (Wildman–Crippen LogP) is 3.18. The van der Waals surface area contributed by atoms with Crippen LogP contribution >= 0.6 is 11.8 Å². The summed E-state index contributed by atoms with van der Waals surface area (Å²) in [4.78, 5) is 12.2. The zero-order valence-electron chi connectivity index (χ0n) is 11.4. The van der Waals surface area contributed by atoms with Gasteiger partial charge < -0.3 is 9.72 Å². The third kappa shape index (κ3) is 2.49. The summed E-state index contributed by atoms with van der Waals surface area (Å²) in [5.74, 6) is 1.07. The van der Waals surface area contributed by atoms with E-state index >= 15 is 0 Å². The molecule has 1 aliphatic rings. The van der Waals surface area contributed by atoms with E-state index in [1.807, 2.05) is 12.3 Å². The summed E-state index contributed by atoms with van der Waals surface area (Å²) in [5.41, 5.74) is 3.43. The third-order valence-electron chi connectivity index (χ3n) is 3.96. The number of aromatic amines is 1. The maximum atomic E-state index is 5.36. The molecule has 4 nitrogen and oxygen atoms in total. The number of hydrogen-bond donors (Lipinski definition) is 1. The molecule has 0 saturated heterocycles. The highest BCUT2D eigenvalue weighted by atomic mass is 32.2. The van der Waals surface area contributed by atoms with E-state index in [-0.39, 0.29) is 0 Å². The summed E-state index contributed by atoms with van der Waals surface area (Å²) in [6.45, 7) is 2.94. The lowest BCUT2D eigenvalue weighted by atomic mass is 9.71. The second-order valence-electron chi connectivity index (χ2n) is 5.44. The maximum Gasteiger partial charge on any atom is 0.178 e. The summed E-state index contributed by atoms with van der Waals surface area (Å²) in [7, 11) is 1.79. The molecule has 2 aromatic heterocycles. The topological polar surface area (TPSA) is 50.8 Å². The molecule has 0 aromatic carbocycles. The van der Waals surface area contributed by atoms with E-state index in [0.29, 0.717) is 5.41 Å². The van der Waals surface area contributed by atoms with Crippen molar-refractivity contribution in [2.45, 2.75) is 31.3 Å². The van der Waals surface area contributed by atoms with Crippen molar-refractivity contribution in [2.75, 3.05) is 19.5 Å². The molecular formula is C14H19N3OS. The van der Waals surface area contributed by atoms with E-state index in [1.54, 1.807) is 18.9 Å². The molecule has 1 aliphatic carbocycles. The van der Waals surface area contributed by atoms with Crippen molar-refractivity contribution in [3.63, 3.8) is 0 Å². The SMILES string of the molecule is COCC1(CSc2nc3nccc(C)c3[nH]2)CCC1. The van der Waals surface area contributed by atoms with E-state index in [4.69, 9.17) is 4.74 Å². The van der Waals surface area contributed by atoms with Gasteiger partial charge in [-0.3, -0.25) is 0 Å². The van der Waals surface area contributed by atoms with Gasteiger partial charge in [0.15, 0.2) is 10.8 Å². The number of ether oxygens (including phenoxy) is 1. The average molecular weight is 277 g/mol. The minimum Gasteiger partial charge on any atom is -0.384 e. The van der Waals surface area contributed by atoms with Gasteiger partial charge in [-0.15, -0.1) is 0 Å². The van der Waals surface area contributed by atoms with E-state index in [0.717, 1.165) is 28.7 Å². The Morgan fingerprint density at radius 3 is 2.95 bits per heavy atom. The summed E-state index contributed by atoms with van der Waals surface area (Å²) in [6.07, 6.45) is 5.67. The first-order valence-corrected chi connectivity index (χ1v) is 7.64. The first-order valence-electron chi connectivity index (χ1n) is 6.65. The Bertz CT molecular complexity index is 577. The number of thioether (sulfide) groups is 1. The van der Waals surface area contributed by atoms with Crippen LogP contribution in [0, 0.1) is 12.3 Å². The zero-order valence-corrected chi connectivity index (χ0v) is 12.2. The van der Waals surface area contributed by atoms with Crippen LogP contribution < -0.4 is 0 Å². The van der Waals surface area contributed by atoms with Crippen molar-refractivity contribution in [3.05, 3.63) is 17.8 Å². The molecule has 1 saturated carbocycles. The fraction of sp³-hybridized carbons (Fsp3) is 0.571. The maximum absolute atomic E-state index is 5.36. The Labute approximate surface area is 117 Å². The average Bonchev–Trinajstić information content (AvgIpc) is 2.77. The van der Waals surface area contributed by atoms with Crippen LogP contribution in [0.5, 0.6) is 0 Å². The molecule has 102 valence electrons. The van der Waals surface area contributed by atoms with Crippen molar-refractivity contribution in [2.24, 2.45) is 5.41 Å². The highest BCUT2D eigenvalue weighted by molar-refractivity contribution is 7.99. The highest BCUT2D eigenvalue weighted by Gasteiger charge is 2.37. The van der Waals surface area contributed by atoms with Crippen LogP contribution in [-0.2, 0) is 4.74 Å². The second kappa shape index (κ2) is 5.13. The van der Waals surface area contributed by atoms with Crippen molar-refractivity contribution >= 4 is 22.9 Å². The Kier molecular flexibility index (Phi) is 3.50. The van der Waals surface area contributed by atoms with Gasteiger partial charge in [-0.1, -0.05) is 18.2 Å². The summed E-state index contributed by atoms with van der Waals surface area (Å²) < 4.78 is 5.36. The summed E-state index contributed by atoms with van der Waals surface area (Å²) >= 11 is 1.79. The first-order chi connectivity index (χ1) is 9.22. The van der Waals surface area contributed by atoms with E-state index < -0.39 is 0 Å². The number of nitrogens with zero attached hydrogens (tertiary/aromatic N) is 2. The molecule has 0 bridgehead atoms. The molecule has 3 rings (SSSR count). The van der Waals surface area contributed by atoms with Crippen molar-refractivity contribution in [3.8, 4) is 0 Å². The molecule has 0 aliphatic heterocycles. The predicted molar refractivity (Wildman–Crippen MR) is 77.5 cm³/mol. The molecule has 1 N–H and O–H groups in total. The van der Waals surface area contributed by atoms with Crippen molar-refractivity contribution < 1.29 is 4.74 Å². The van der Waals surface area contributed by atoms with Crippen LogP contribution in [0.25, 0.3) is 11.2 Å². The molecule has 0 spiro atoms. The van der Waals surface area contributed by atoms with Crippen molar-refractivity contribution in [1.82, 2.24) is 15.0 Å². The summed E-state index contributed by atoms with van der Waals surface area (Å²) in [5, 5.41) is 0.971. The molecule has 0 radical (unpaired) electrons. The minimum atomic E-state index is 0.362. The van der Waals surface area contributed by atoms with Gasteiger partial charge >= 0.3 is 0 Å². The number of aryl methyl sites for hydroxylation is 1. The molecule has 2 heterocycles. The Balaban J connectivity index is 1.73. The number of pyridine rings is 1. The number of hydrogen-bond acceptors (Lipinski definition) is 4. The molecule has 0 amide bonds. The third-order valence-corrected chi connectivity index (χ3v) is 5.18. The number of imidazole rings is 1. The number of methoxy groups -OCH3 is 1. The van der Waals surface area contributed by atoms with Gasteiger partial charge in [0.25, 0.3) is 0 Å². The summed E-state index contributed by atoms with van der Waals surface area (Å²) in [6, 6.07) is 2.01. The van der Waals surface area contributed by atoms with E-state index in [2.05, 4.69) is 21.9 Å². The van der Waals surface area contributed by atoms with E-state index in [9.17, 15) is 0 Å². The molecule has 5 heteroatoms. The minimum absolute atomic E-state index is 0.362. The van der Waals surface area contributed by atoms with Crippen LogP contribution in [0.1, 0.15) is 24.8 Å². The smallest absolute Gasteiger partial charge is 0.178 e. The van der Waals surface area contributed by atoms with Crippen LogP contribution in [0.4, 0.5) is 0 Å². The molecule has 1 fully saturated rings. The quantitative estimate of drug-likeness (QED) is 0.853. The van der Waals surface area contributed by atoms with Crippen molar-refractivity contribution in [1.29, 1.82) is 0 Å². The number of nitrogens with one attached hydrogen (secondary N) is 1. The van der Waals surface area contributed by atoms with Crippen LogP contribution in [-0.4, -0.2) is 34.4 Å². The number of H-pyrrole nitrogens is 1. The zero-order chi connectivity index (χ0) is 13.3. The van der Waals surface area contributed by atoms with Gasteiger partial charge in [-0.25, -0.2) is 9.97 Å². The lowest BCUT2D eigenvalue weighted by Gasteiger charge is -2.40. The lowest BCUT2D eigenvalue weighted by Crippen LogP contribution is -2.36. The van der Waals surface area contributed by atoms with Crippen LogP contribution in [0.3, 0.4) is 0 Å². The number of aromatic nitrogens is 3. The molecule has 0 atom stereocenters.